The first-order valence-corrected chi connectivity index (χ1v) is 11.0. The van der Waals surface area contributed by atoms with Crippen molar-refractivity contribution in [1.29, 1.82) is 0 Å². The van der Waals surface area contributed by atoms with Gasteiger partial charge in [0.2, 0.25) is 5.92 Å². The van der Waals surface area contributed by atoms with E-state index in [4.69, 9.17) is 0 Å². The number of halogens is 2. The van der Waals surface area contributed by atoms with Crippen LogP contribution in [0.1, 0.15) is 52.0 Å². The fourth-order valence-electron chi connectivity index (χ4n) is 3.92. The summed E-state index contributed by atoms with van der Waals surface area (Å²) in [6.07, 6.45) is 3.58. The molecule has 7 heteroatoms. The Morgan fingerprint density at radius 2 is 1.55 bits per heavy atom. The molecule has 1 aliphatic carbocycles. The summed E-state index contributed by atoms with van der Waals surface area (Å²) < 4.78 is 26.6. The average molecular weight is 450 g/mol. The lowest BCUT2D eigenvalue weighted by atomic mass is 9.92. The molecule has 2 amide bonds. The molecule has 1 saturated carbocycles. The van der Waals surface area contributed by atoms with E-state index in [9.17, 15) is 18.4 Å². The van der Waals surface area contributed by atoms with Crippen molar-refractivity contribution in [2.24, 2.45) is 0 Å². The first-order chi connectivity index (χ1) is 15.9. The molecule has 3 aromatic rings. The van der Waals surface area contributed by atoms with Crippen LogP contribution in [0.15, 0.2) is 73.1 Å². The predicted molar refractivity (Wildman–Crippen MR) is 122 cm³/mol. The first-order valence-electron chi connectivity index (χ1n) is 11.0. The highest BCUT2D eigenvalue weighted by Gasteiger charge is 2.35. The van der Waals surface area contributed by atoms with Crippen molar-refractivity contribution in [2.75, 3.05) is 0 Å². The van der Waals surface area contributed by atoms with E-state index in [2.05, 4.69) is 15.6 Å². The van der Waals surface area contributed by atoms with E-state index >= 15 is 0 Å². The van der Waals surface area contributed by atoms with Crippen LogP contribution < -0.4 is 10.6 Å². The lowest BCUT2D eigenvalue weighted by Crippen LogP contribution is -2.40. The van der Waals surface area contributed by atoms with Gasteiger partial charge in [0.25, 0.3) is 11.8 Å². The Morgan fingerprint density at radius 3 is 2.24 bits per heavy atom. The van der Waals surface area contributed by atoms with Crippen molar-refractivity contribution < 1.29 is 18.4 Å². The number of carbonyl (C=O) groups is 2. The molecule has 0 saturated heterocycles. The summed E-state index contributed by atoms with van der Waals surface area (Å²) in [6.45, 7) is 0.266. The zero-order valence-electron chi connectivity index (χ0n) is 18.1. The zero-order chi connectivity index (χ0) is 23.3. The molecule has 1 heterocycles. The van der Waals surface area contributed by atoms with E-state index < -0.39 is 5.92 Å². The summed E-state index contributed by atoms with van der Waals surface area (Å²) in [7, 11) is 0. The monoisotopic (exact) mass is 449 g/mol. The maximum absolute atomic E-state index is 13.3. The summed E-state index contributed by atoms with van der Waals surface area (Å²) in [5.74, 6) is -3.13. The molecule has 0 spiro atoms. The van der Waals surface area contributed by atoms with E-state index in [0.29, 0.717) is 11.1 Å². The molecular formula is C26H25F2N3O2. The molecule has 1 aromatic heterocycles. The molecule has 33 heavy (non-hydrogen) atoms. The number of rotatable bonds is 6. The van der Waals surface area contributed by atoms with Gasteiger partial charge in [-0.05, 0) is 65.9 Å². The second kappa shape index (κ2) is 9.90. The number of nitrogens with zero attached hydrogens (tertiary/aromatic N) is 1. The molecule has 0 unspecified atom stereocenters. The molecule has 1 fully saturated rings. The van der Waals surface area contributed by atoms with Gasteiger partial charge in [-0.2, -0.15) is 0 Å². The average Bonchev–Trinajstić information content (AvgIpc) is 2.84. The Kier molecular flexibility index (Phi) is 6.77. The number of pyridine rings is 1. The third-order valence-electron chi connectivity index (χ3n) is 5.86. The minimum Gasteiger partial charge on any atom is -0.349 e. The Balaban J connectivity index is 1.32. The number of alkyl halides is 2. The number of hydrogen-bond donors (Lipinski definition) is 2. The largest absolute Gasteiger partial charge is 0.349 e. The van der Waals surface area contributed by atoms with Gasteiger partial charge in [-0.15, -0.1) is 0 Å². The van der Waals surface area contributed by atoms with E-state index in [1.807, 2.05) is 30.3 Å². The molecule has 1 aliphatic rings. The third-order valence-corrected chi connectivity index (χ3v) is 5.86. The normalized spacial score (nSPS) is 15.6. The lowest BCUT2D eigenvalue weighted by molar-refractivity contribution is -0.0399. The Hall–Kier alpha value is -3.61. The van der Waals surface area contributed by atoms with E-state index in [-0.39, 0.29) is 50.1 Å². The fraction of sp³-hybridized carbons (Fsp3) is 0.269. The fourth-order valence-corrected chi connectivity index (χ4v) is 3.92. The number of aromatic nitrogens is 1. The molecule has 0 radical (unpaired) electrons. The predicted octanol–water partition coefficient (Wildman–Crippen LogP) is 4.99. The van der Waals surface area contributed by atoms with Crippen molar-refractivity contribution in [3.8, 4) is 11.1 Å². The van der Waals surface area contributed by atoms with Gasteiger partial charge in [0.05, 0.1) is 0 Å². The summed E-state index contributed by atoms with van der Waals surface area (Å²) in [5, 5.41) is 5.71. The molecule has 5 nitrogen and oxygen atoms in total. The van der Waals surface area contributed by atoms with Gasteiger partial charge in [-0.25, -0.2) is 8.78 Å². The highest BCUT2D eigenvalue weighted by molar-refractivity contribution is 5.95. The topological polar surface area (TPSA) is 71.1 Å². The van der Waals surface area contributed by atoms with Crippen LogP contribution >= 0.6 is 0 Å². The summed E-state index contributed by atoms with van der Waals surface area (Å²) >= 11 is 0. The van der Waals surface area contributed by atoms with E-state index in [0.717, 1.165) is 16.7 Å². The number of benzene rings is 2. The number of carbonyl (C=O) groups excluding carboxylic acids is 2. The van der Waals surface area contributed by atoms with Crippen LogP contribution in [0.4, 0.5) is 8.78 Å². The lowest BCUT2D eigenvalue weighted by Gasteiger charge is -2.28. The van der Waals surface area contributed by atoms with Crippen molar-refractivity contribution >= 4 is 11.8 Å². The standard InChI is InChI=1S/C26H25F2N3O2/c27-26(28)12-8-23(9-13-26)31-25(33)22-3-1-2-18(16-22)17-30-24(32)21-6-4-19(5-7-21)20-10-14-29-15-11-20/h1-7,10-11,14-16,23H,8-9,12-13,17H2,(H,30,32)(H,31,33). The second-order valence-corrected chi connectivity index (χ2v) is 8.30. The minimum atomic E-state index is -2.63. The van der Waals surface area contributed by atoms with Crippen LogP contribution in [0.25, 0.3) is 11.1 Å². The Bertz CT molecular complexity index is 1110. The number of nitrogens with one attached hydrogen (secondary N) is 2. The molecule has 0 aliphatic heterocycles. The van der Waals surface area contributed by atoms with Crippen LogP contribution in [-0.4, -0.2) is 28.8 Å². The molecule has 170 valence electrons. The molecule has 2 aromatic carbocycles. The van der Waals surface area contributed by atoms with Gasteiger partial charge in [0, 0.05) is 48.9 Å². The van der Waals surface area contributed by atoms with E-state index in [1.165, 1.54) is 0 Å². The van der Waals surface area contributed by atoms with Crippen molar-refractivity contribution in [3.05, 3.63) is 89.7 Å². The van der Waals surface area contributed by atoms with Crippen LogP contribution in [-0.2, 0) is 6.54 Å². The van der Waals surface area contributed by atoms with Crippen LogP contribution in [0.5, 0.6) is 0 Å². The van der Waals surface area contributed by atoms with Crippen molar-refractivity contribution in [1.82, 2.24) is 15.6 Å². The third kappa shape index (κ3) is 6.00. The zero-order valence-corrected chi connectivity index (χ0v) is 18.1. The maximum atomic E-state index is 13.3. The SMILES string of the molecule is O=C(NCc1cccc(C(=O)NC2CCC(F)(F)CC2)c1)c1ccc(-c2ccncc2)cc1. The smallest absolute Gasteiger partial charge is 0.251 e. The molecule has 4 rings (SSSR count). The molecular weight excluding hydrogens is 424 g/mol. The van der Waals surface area contributed by atoms with Crippen molar-refractivity contribution in [2.45, 2.75) is 44.2 Å². The summed E-state index contributed by atoms with van der Waals surface area (Å²) in [5.41, 5.74) is 3.78. The second-order valence-electron chi connectivity index (χ2n) is 8.30. The highest BCUT2D eigenvalue weighted by Crippen LogP contribution is 2.33. The number of hydrogen-bond acceptors (Lipinski definition) is 3. The molecule has 0 bridgehead atoms. The van der Waals surface area contributed by atoms with Gasteiger partial charge < -0.3 is 10.6 Å². The van der Waals surface area contributed by atoms with Gasteiger partial charge in [-0.3, -0.25) is 14.6 Å². The minimum absolute atomic E-state index is 0.201. The van der Waals surface area contributed by atoms with Crippen LogP contribution in [0, 0.1) is 0 Å². The summed E-state index contributed by atoms with van der Waals surface area (Å²) in [6, 6.07) is 17.8. The van der Waals surface area contributed by atoms with Gasteiger partial charge in [-0.1, -0.05) is 24.3 Å². The molecule has 0 atom stereocenters. The quantitative estimate of drug-likeness (QED) is 0.557. The van der Waals surface area contributed by atoms with Gasteiger partial charge >= 0.3 is 0 Å². The summed E-state index contributed by atoms with van der Waals surface area (Å²) in [4.78, 5) is 29.1. The molecule has 2 N–H and O–H groups in total. The van der Waals surface area contributed by atoms with E-state index in [1.54, 1.807) is 42.7 Å². The Labute approximate surface area is 191 Å². The first kappa shape index (κ1) is 22.6. The Morgan fingerprint density at radius 1 is 0.879 bits per heavy atom. The van der Waals surface area contributed by atoms with Crippen LogP contribution in [0.2, 0.25) is 0 Å². The van der Waals surface area contributed by atoms with Gasteiger partial charge in [0.1, 0.15) is 0 Å². The number of amides is 2. The van der Waals surface area contributed by atoms with Crippen LogP contribution in [0.3, 0.4) is 0 Å². The van der Waals surface area contributed by atoms with Gasteiger partial charge in [0.15, 0.2) is 0 Å². The maximum Gasteiger partial charge on any atom is 0.251 e. The highest BCUT2D eigenvalue weighted by atomic mass is 19.3. The van der Waals surface area contributed by atoms with Crippen molar-refractivity contribution in [3.63, 3.8) is 0 Å².